The van der Waals surface area contributed by atoms with Crippen molar-refractivity contribution in [2.45, 2.75) is 10.8 Å². The van der Waals surface area contributed by atoms with Crippen LogP contribution in [0, 0.1) is 0 Å². The van der Waals surface area contributed by atoms with Crippen LogP contribution < -0.4 is 14.7 Å². The molecule has 0 fully saturated rings. The van der Waals surface area contributed by atoms with Gasteiger partial charge in [0.1, 0.15) is 5.58 Å². The molecular formula is C90H59N3O. The summed E-state index contributed by atoms with van der Waals surface area (Å²) >= 11 is 0. The molecule has 94 heavy (non-hydrogen) atoms. The fourth-order valence-corrected chi connectivity index (χ4v) is 16.5. The zero-order valence-corrected chi connectivity index (χ0v) is 51.3. The highest BCUT2D eigenvalue weighted by molar-refractivity contribution is 6.15. The molecule has 4 nitrogen and oxygen atoms in total. The second kappa shape index (κ2) is 21.2. The van der Waals surface area contributed by atoms with Crippen LogP contribution in [0.15, 0.2) is 362 Å². The zero-order chi connectivity index (χ0) is 61.9. The van der Waals surface area contributed by atoms with Crippen molar-refractivity contribution >= 4 is 83.9 Å². The maximum absolute atomic E-state index is 7.58. The molecule has 1 heterocycles. The molecule has 0 amide bonds. The predicted molar refractivity (Wildman–Crippen MR) is 389 cm³/mol. The molecule has 0 radical (unpaired) electrons. The Hall–Kier alpha value is -12.2. The van der Waals surface area contributed by atoms with Crippen molar-refractivity contribution in [3.8, 4) is 33.4 Å². The van der Waals surface area contributed by atoms with Gasteiger partial charge < -0.3 is 19.1 Å². The van der Waals surface area contributed by atoms with E-state index in [4.69, 9.17) is 4.42 Å². The first-order valence-electron chi connectivity index (χ1n) is 32.5. The van der Waals surface area contributed by atoms with Crippen molar-refractivity contribution in [2.24, 2.45) is 0 Å². The standard InChI is InChI=1S/C90H59N3O/c1-6-29-62(30-7-1)89(63-31-8-2-9-32-63)78-43-22-18-41-73(78)74-53-51-69(58-83(74)89)91(64-33-10-3-11-34-64)68-52-54-86-76(56-68)77-57-70(92(65-35-12-4-13-36-65)67-50-49-60-27-16-17-28-61(60)55-67)59-85(88(77)94-86)93(66-37-14-5-15-38-66)84-48-26-47-82-87(84)75-42-21-25-46-81(75)90(82)79-44-23-19-39-71(79)72-40-20-24-45-80(72)90/h1-59H. The lowest BCUT2D eigenvalue weighted by atomic mass is 9.67. The van der Waals surface area contributed by atoms with E-state index < -0.39 is 10.8 Å². The van der Waals surface area contributed by atoms with E-state index in [1.807, 2.05) is 0 Å². The first-order valence-corrected chi connectivity index (χ1v) is 32.5. The van der Waals surface area contributed by atoms with Crippen LogP contribution in [0.3, 0.4) is 0 Å². The van der Waals surface area contributed by atoms with Gasteiger partial charge in [0.25, 0.3) is 0 Å². The summed E-state index contributed by atoms with van der Waals surface area (Å²) in [6.07, 6.45) is 0. The fraction of sp³-hybridized carbons (Fsp3) is 0.0222. The average Bonchev–Trinajstić information content (AvgIpc) is 1.51. The number of rotatable bonds is 11. The van der Waals surface area contributed by atoms with Crippen LogP contribution in [0.4, 0.5) is 51.2 Å². The van der Waals surface area contributed by atoms with Crippen LogP contribution >= 0.6 is 0 Å². The zero-order valence-electron chi connectivity index (χ0n) is 51.3. The molecule has 440 valence electrons. The fourth-order valence-electron chi connectivity index (χ4n) is 16.5. The van der Waals surface area contributed by atoms with Crippen molar-refractivity contribution < 1.29 is 4.42 Å². The van der Waals surface area contributed by atoms with Crippen molar-refractivity contribution in [1.29, 1.82) is 0 Å². The molecule has 0 unspecified atom stereocenters. The van der Waals surface area contributed by atoms with E-state index in [2.05, 4.69) is 373 Å². The van der Waals surface area contributed by atoms with Crippen LogP contribution in [-0.4, -0.2) is 0 Å². The second-order valence-corrected chi connectivity index (χ2v) is 25.0. The Morgan fingerprint density at radius 3 is 1.26 bits per heavy atom. The lowest BCUT2D eigenvalue weighted by Crippen LogP contribution is -2.28. The lowest BCUT2D eigenvalue weighted by Gasteiger charge is -2.35. The molecule has 0 atom stereocenters. The second-order valence-electron chi connectivity index (χ2n) is 25.0. The maximum Gasteiger partial charge on any atom is 0.159 e. The monoisotopic (exact) mass is 1200 g/mol. The molecule has 16 aromatic rings. The number of hydrogen-bond donors (Lipinski definition) is 0. The summed E-state index contributed by atoms with van der Waals surface area (Å²) in [7, 11) is 0. The largest absolute Gasteiger partial charge is 0.454 e. The number of furan rings is 1. The lowest BCUT2D eigenvalue weighted by molar-refractivity contribution is 0.669. The van der Waals surface area contributed by atoms with Crippen LogP contribution in [0.5, 0.6) is 0 Å². The van der Waals surface area contributed by atoms with E-state index in [0.717, 1.165) is 78.5 Å². The Morgan fingerprint density at radius 2 is 0.649 bits per heavy atom. The highest BCUT2D eigenvalue weighted by Gasteiger charge is 2.53. The quantitative estimate of drug-likeness (QED) is 0.129. The number of fused-ring (bicyclic) bond motifs is 17. The predicted octanol–water partition coefficient (Wildman–Crippen LogP) is 23.9. The SMILES string of the molecule is c1ccc(N(c2ccc3c(c2)C(c2ccccc2)(c2ccccc2)c2ccccc2-3)c2ccc3oc4c(N(c5ccccc5)c5cccc6c5-c5ccccc5C65c6ccccc6-c6ccccc65)cc(N(c5ccccc5)c5ccc6ccccc6c5)cc4c3c2)cc1. The Bertz CT molecular complexity index is 5560. The number of hydrogen-bond acceptors (Lipinski definition) is 4. The van der Waals surface area contributed by atoms with Gasteiger partial charge in [0.2, 0.25) is 0 Å². The van der Waals surface area contributed by atoms with Crippen LogP contribution in [-0.2, 0) is 10.8 Å². The van der Waals surface area contributed by atoms with Crippen molar-refractivity contribution in [2.75, 3.05) is 14.7 Å². The van der Waals surface area contributed by atoms with E-state index in [9.17, 15) is 0 Å². The number of anilines is 9. The molecule has 3 aliphatic carbocycles. The first-order chi connectivity index (χ1) is 46.6. The summed E-state index contributed by atoms with van der Waals surface area (Å²) in [6, 6.07) is 132. The summed E-state index contributed by atoms with van der Waals surface area (Å²) < 4.78 is 7.58. The first kappa shape index (κ1) is 53.6. The third-order valence-electron chi connectivity index (χ3n) is 20.3. The molecule has 1 aromatic heterocycles. The van der Waals surface area contributed by atoms with E-state index in [0.29, 0.717) is 0 Å². The van der Waals surface area contributed by atoms with Gasteiger partial charge in [-0.1, -0.05) is 261 Å². The Balaban J connectivity index is 0.879. The van der Waals surface area contributed by atoms with Gasteiger partial charge in [-0.2, -0.15) is 0 Å². The number of benzene rings is 15. The molecule has 0 N–H and O–H groups in total. The van der Waals surface area contributed by atoms with Gasteiger partial charge >= 0.3 is 0 Å². The molecule has 15 aromatic carbocycles. The highest BCUT2D eigenvalue weighted by Crippen LogP contribution is 2.65. The molecule has 0 saturated heterocycles. The molecule has 3 aliphatic rings. The minimum atomic E-state index is -0.585. The van der Waals surface area contributed by atoms with Gasteiger partial charge in [0.15, 0.2) is 5.58 Å². The number of para-hydroxylation sites is 3. The summed E-state index contributed by atoms with van der Waals surface area (Å²) in [5.74, 6) is 0. The molecular weight excluding hydrogens is 1140 g/mol. The molecule has 0 saturated carbocycles. The third kappa shape index (κ3) is 7.81. The minimum absolute atomic E-state index is 0.553. The molecule has 1 spiro atoms. The normalized spacial score (nSPS) is 13.3. The Labute approximate surface area is 546 Å². The minimum Gasteiger partial charge on any atom is -0.454 e. The smallest absolute Gasteiger partial charge is 0.159 e. The van der Waals surface area contributed by atoms with Gasteiger partial charge in [0.05, 0.1) is 22.2 Å². The summed E-state index contributed by atoms with van der Waals surface area (Å²) in [5.41, 5.74) is 27.1. The van der Waals surface area contributed by atoms with Crippen LogP contribution in [0.25, 0.3) is 66.1 Å². The Kier molecular flexibility index (Phi) is 12.1. The van der Waals surface area contributed by atoms with Crippen molar-refractivity contribution in [1.82, 2.24) is 0 Å². The van der Waals surface area contributed by atoms with E-state index in [-0.39, 0.29) is 0 Å². The molecule has 0 bridgehead atoms. The van der Waals surface area contributed by atoms with Crippen LogP contribution in [0.1, 0.15) is 44.5 Å². The van der Waals surface area contributed by atoms with E-state index in [1.54, 1.807) is 0 Å². The van der Waals surface area contributed by atoms with E-state index in [1.165, 1.54) is 83.3 Å². The maximum atomic E-state index is 7.58. The molecule has 4 heteroatoms. The summed E-state index contributed by atoms with van der Waals surface area (Å²) in [6.45, 7) is 0. The summed E-state index contributed by atoms with van der Waals surface area (Å²) in [4.78, 5) is 7.32. The van der Waals surface area contributed by atoms with Gasteiger partial charge in [-0.25, -0.2) is 0 Å². The van der Waals surface area contributed by atoms with Gasteiger partial charge in [0, 0.05) is 56.1 Å². The van der Waals surface area contributed by atoms with Crippen LogP contribution in [0.2, 0.25) is 0 Å². The van der Waals surface area contributed by atoms with Gasteiger partial charge in [-0.15, -0.1) is 0 Å². The van der Waals surface area contributed by atoms with Crippen molar-refractivity contribution in [3.63, 3.8) is 0 Å². The Morgan fingerprint density at radius 1 is 0.223 bits per heavy atom. The van der Waals surface area contributed by atoms with E-state index >= 15 is 0 Å². The third-order valence-corrected chi connectivity index (χ3v) is 20.3. The number of nitrogens with zero attached hydrogens (tertiary/aromatic N) is 3. The summed E-state index contributed by atoms with van der Waals surface area (Å²) in [5, 5.41) is 4.33. The van der Waals surface area contributed by atoms with Gasteiger partial charge in [-0.05, 0) is 180 Å². The van der Waals surface area contributed by atoms with Gasteiger partial charge in [-0.3, -0.25) is 0 Å². The molecule has 19 rings (SSSR count). The topological polar surface area (TPSA) is 22.9 Å². The highest BCUT2D eigenvalue weighted by atomic mass is 16.3. The van der Waals surface area contributed by atoms with Crippen molar-refractivity contribution in [3.05, 3.63) is 402 Å². The molecule has 0 aliphatic heterocycles. The average molecular weight is 1200 g/mol.